The van der Waals surface area contributed by atoms with E-state index in [0.29, 0.717) is 6.04 Å². The van der Waals surface area contributed by atoms with Gasteiger partial charge in [0.25, 0.3) is 0 Å². The van der Waals surface area contributed by atoms with Crippen molar-refractivity contribution in [1.29, 1.82) is 0 Å². The normalized spacial score (nSPS) is 17.6. The zero-order chi connectivity index (χ0) is 16.9. The van der Waals surface area contributed by atoms with Crippen molar-refractivity contribution in [3.8, 4) is 0 Å². The first-order valence-corrected chi connectivity index (χ1v) is 8.65. The first-order chi connectivity index (χ1) is 10.9. The topological polar surface area (TPSA) is 30.9 Å². The minimum Gasteiger partial charge on any atom is -0.349 e. The lowest BCUT2D eigenvalue weighted by Gasteiger charge is -2.34. The maximum Gasteiger partial charge on any atom is 0.195 e. The maximum atomic E-state index is 4.93. The van der Waals surface area contributed by atoms with Crippen LogP contribution in [0.2, 0.25) is 0 Å². The van der Waals surface area contributed by atoms with Crippen molar-refractivity contribution < 1.29 is 0 Å². The molecule has 0 spiro atoms. The summed E-state index contributed by atoms with van der Waals surface area (Å²) in [6.07, 6.45) is 5.01. The predicted octanol–water partition coefficient (Wildman–Crippen LogP) is 3.13. The second kappa shape index (κ2) is 7.82. The van der Waals surface area contributed by atoms with E-state index >= 15 is 0 Å². The van der Waals surface area contributed by atoms with E-state index in [4.69, 9.17) is 4.99 Å². The lowest BCUT2D eigenvalue weighted by molar-refractivity contribution is 0.305. The fraction of sp³-hybridized carbons (Fsp3) is 0.632. The Labute approximate surface area is 141 Å². The van der Waals surface area contributed by atoms with Crippen LogP contribution in [0.3, 0.4) is 0 Å². The highest BCUT2D eigenvalue weighted by Crippen LogP contribution is 2.32. The number of nitrogens with one attached hydrogen (secondary N) is 1. The van der Waals surface area contributed by atoms with Gasteiger partial charge < -0.3 is 15.1 Å². The molecule has 4 nitrogen and oxygen atoms in total. The molecular formula is C19H32N4. The van der Waals surface area contributed by atoms with Crippen LogP contribution in [0.15, 0.2) is 35.3 Å². The number of hydrogen-bond donors (Lipinski definition) is 1. The van der Waals surface area contributed by atoms with Gasteiger partial charge in [0.1, 0.15) is 0 Å². The van der Waals surface area contributed by atoms with Crippen molar-refractivity contribution >= 4 is 5.96 Å². The Morgan fingerprint density at radius 1 is 1.09 bits per heavy atom. The molecule has 1 aromatic carbocycles. The van der Waals surface area contributed by atoms with E-state index in [2.05, 4.69) is 80.6 Å². The van der Waals surface area contributed by atoms with Crippen LogP contribution in [0.4, 0.5) is 0 Å². The molecule has 0 amide bonds. The Bertz CT molecular complexity index is 491. The van der Waals surface area contributed by atoms with Gasteiger partial charge in [-0.2, -0.15) is 0 Å². The quantitative estimate of drug-likeness (QED) is 0.669. The standard InChI is InChI=1S/C19H32N4/c1-16(17-11-7-6-8-12-17)21-19(13-9-10-14-19)15-20-18(22(2)3)23(4)5/h6-8,11-12,16,21H,9-10,13-15H2,1-5H3. The molecule has 0 bridgehead atoms. The summed E-state index contributed by atoms with van der Waals surface area (Å²) in [5, 5.41) is 3.90. The van der Waals surface area contributed by atoms with Crippen LogP contribution in [0, 0.1) is 0 Å². The highest BCUT2D eigenvalue weighted by atomic mass is 15.3. The third kappa shape index (κ3) is 4.71. The number of hydrogen-bond acceptors (Lipinski definition) is 2. The average Bonchev–Trinajstić information content (AvgIpc) is 2.96. The van der Waals surface area contributed by atoms with E-state index in [0.717, 1.165) is 12.5 Å². The van der Waals surface area contributed by atoms with Crippen LogP contribution in [0.1, 0.15) is 44.2 Å². The van der Waals surface area contributed by atoms with Crippen molar-refractivity contribution in [2.45, 2.75) is 44.2 Å². The highest BCUT2D eigenvalue weighted by Gasteiger charge is 2.35. The zero-order valence-corrected chi connectivity index (χ0v) is 15.3. The van der Waals surface area contributed by atoms with Gasteiger partial charge >= 0.3 is 0 Å². The van der Waals surface area contributed by atoms with Crippen molar-refractivity contribution in [3.63, 3.8) is 0 Å². The minimum atomic E-state index is 0.131. The molecule has 2 rings (SSSR count). The number of benzene rings is 1. The van der Waals surface area contributed by atoms with Gasteiger partial charge in [0, 0.05) is 39.8 Å². The van der Waals surface area contributed by atoms with Crippen LogP contribution >= 0.6 is 0 Å². The zero-order valence-electron chi connectivity index (χ0n) is 15.3. The molecule has 1 aromatic rings. The number of aliphatic imine (C=N–C) groups is 1. The molecule has 0 radical (unpaired) electrons. The summed E-state index contributed by atoms with van der Waals surface area (Å²) < 4.78 is 0. The second-order valence-corrected chi connectivity index (χ2v) is 7.17. The van der Waals surface area contributed by atoms with E-state index in [9.17, 15) is 0 Å². The number of guanidine groups is 1. The van der Waals surface area contributed by atoms with E-state index in [1.807, 2.05) is 0 Å². The van der Waals surface area contributed by atoms with Gasteiger partial charge in [-0.15, -0.1) is 0 Å². The SMILES string of the molecule is CC(NC1(CN=C(N(C)C)N(C)C)CCCC1)c1ccccc1. The minimum absolute atomic E-state index is 0.131. The lowest BCUT2D eigenvalue weighted by atomic mass is 9.95. The highest BCUT2D eigenvalue weighted by molar-refractivity contribution is 5.79. The van der Waals surface area contributed by atoms with Gasteiger partial charge in [0.05, 0.1) is 6.54 Å². The van der Waals surface area contributed by atoms with E-state index in [1.54, 1.807) is 0 Å². The smallest absolute Gasteiger partial charge is 0.195 e. The Balaban J connectivity index is 2.12. The molecule has 0 saturated heterocycles. The fourth-order valence-corrected chi connectivity index (χ4v) is 3.59. The monoisotopic (exact) mass is 316 g/mol. The molecule has 1 aliphatic rings. The summed E-state index contributed by atoms with van der Waals surface area (Å²) in [6, 6.07) is 11.1. The molecule has 23 heavy (non-hydrogen) atoms. The summed E-state index contributed by atoms with van der Waals surface area (Å²) in [7, 11) is 8.22. The predicted molar refractivity (Wildman–Crippen MR) is 98.9 cm³/mol. The Hall–Kier alpha value is -1.55. The van der Waals surface area contributed by atoms with Crippen molar-refractivity contribution in [2.24, 2.45) is 4.99 Å². The first kappa shape index (κ1) is 17.8. The van der Waals surface area contributed by atoms with Gasteiger partial charge in [-0.3, -0.25) is 4.99 Å². The van der Waals surface area contributed by atoms with Crippen molar-refractivity contribution in [1.82, 2.24) is 15.1 Å². The molecule has 1 atom stereocenters. The van der Waals surface area contributed by atoms with Crippen LogP contribution in [0.5, 0.6) is 0 Å². The third-order valence-corrected chi connectivity index (χ3v) is 4.71. The van der Waals surface area contributed by atoms with Gasteiger partial charge in [0.15, 0.2) is 5.96 Å². The van der Waals surface area contributed by atoms with Gasteiger partial charge in [0.2, 0.25) is 0 Å². The molecule has 1 aliphatic carbocycles. The summed E-state index contributed by atoms with van der Waals surface area (Å²) in [5.41, 5.74) is 1.48. The Morgan fingerprint density at radius 2 is 1.65 bits per heavy atom. The molecule has 4 heteroatoms. The summed E-state index contributed by atoms with van der Waals surface area (Å²) in [5.74, 6) is 1.03. The molecule has 0 aliphatic heterocycles. The summed E-state index contributed by atoms with van der Waals surface area (Å²) in [6.45, 7) is 3.10. The van der Waals surface area contributed by atoms with Crippen LogP contribution in [-0.2, 0) is 0 Å². The largest absolute Gasteiger partial charge is 0.349 e. The molecule has 0 aromatic heterocycles. The summed E-state index contributed by atoms with van der Waals surface area (Å²) >= 11 is 0. The van der Waals surface area contributed by atoms with Crippen molar-refractivity contribution in [3.05, 3.63) is 35.9 Å². The molecular weight excluding hydrogens is 284 g/mol. The van der Waals surface area contributed by atoms with Crippen LogP contribution in [-0.4, -0.2) is 56.0 Å². The maximum absolute atomic E-state index is 4.93. The molecule has 1 saturated carbocycles. The number of nitrogens with zero attached hydrogens (tertiary/aromatic N) is 3. The van der Waals surface area contributed by atoms with E-state index in [1.165, 1.54) is 31.2 Å². The van der Waals surface area contributed by atoms with E-state index in [-0.39, 0.29) is 5.54 Å². The lowest BCUT2D eigenvalue weighted by Crippen LogP contribution is -2.47. The molecule has 1 N–H and O–H groups in total. The third-order valence-electron chi connectivity index (χ3n) is 4.71. The molecule has 1 unspecified atom stereocenters. The summed E-state index contributed by atoms with van der Waals surface area (Å²) in [4.78, 5) is 9.10. The average molecular weight is 316 g/mol. The van der Waals surface area contributed by atoms with Crippen molar-refractivity contribution in [2.75, 3.05) is 34.7 Å². The van der Waals surface area contributed by atoms with Crippen LogP contribution in [0.25, 0.3) is 0 Å². The Morgan fingerprint density at radius 3 is 2.17 bits per heavy atom. The molecule has 1 fully saturated rings. The first-order valence-electron chi connectivity index (χ1n) is 8.65. The fourth-order valence-electron chi connectivity index (χ4n) is 3.59. The molecule has 0 heterocycles. The molecule has 128 valence electrons. The van der Waals surface area contributed by atoms with Gasteiger partial charge in [-0.25, -0.2) is 0 Å². The van der Waals surface area contributed by atoms with Gasteiger partial charge in [-0.05, 0) is 25.3 Å². The second-order valence-electron chi connectivity index (χ2n) is 7.17. The van der Waals surface area contributed by atoms with E-state index < -0.39 is 0 Å². The Kier molecular flexibility index (Phi) is 6.05. The van der Waals surface area contributed by atoms with Crippen LogP contribution < -0.4 is 5.32 Å². The number of rotatable bonds is 5. The van der Waals surface area contributed by atoms with Gasteiger partial charge in [-0.1, -0.05) is 43.2 Å².